The number of fused-ring (bicyclic) bond motifs is 1. The Bertz CT molecular complexity index is 803. The van der Waals surface area contributed by atoms with Crippen LogP contribution in [0.5, 0.6) is 5.75 Å². The third-order valence-electron chi connectivity index (χ3n) is 6.19. The van der Waals surface area contributed by atoms with E-state index in [1.165, 1.54) is 27.7 Å². The second-order valence-corrected chi connectivity index (χ2v) is 9.18. The molecule has 1 unspecified atom stereocenters. The summed E-state index contributed by atoms with van der Waals surface area (Å²) < 4.78 is 13.1. The molecular formula is C25H33BrN2O2. The summed E-state index contributed by atoms with van der Waals surface area (Å²) >= 11 is 3.59. The maximum Gasteiger partial charge on any atom is 0.119 e. The monoisotopic (exact) mass is 472 g/mol. The van der Waals surface area contributed by atoms with E-state index in [1.54, 1.807) is 0 Å². The molecule has 4 nitrogen and oxygen atoms in total. The van der Waals surface area contributed by atoms with Crippen molar-refractivity contribution in [1.82, 2.24) is 4.90 Å². The van der Waals surface area contributed by atoms with Crippen LogP contribution in [-0.4, -0.2) is 50.8 Å². The molecule has 1 saturated heterocycles. The van der Waals surface area contributed by atoms with Gasteiger partial charge in [0.25, 0.3) is 0 Å². The van der Waals surface area contributed by atoms with E-state index in [4.69, 9.17) is 9.47 Å². The van der Waals surface area contributed by atoms with Crippen molar-refractivity contribution in [3.8, 4) is 5.75 Å². The number of halogens is 1. The molecule has 4 rings (SSSR count). The molecule has 0 aliphatic carbocycles. The average Bonchev–Trinajstić information content (AvgIpc) is 2.78. The number of hydrogen-bond acceptors (Lipinski definition) is 4. The molecule has 30 heavy (non-hydrogen) atoms. The predicted octanol–water partition coefficient (Wildman–Crippen LogP) is 5.45. The number of hydrogen-bond donors (Lipinski definition) is 0. The van der Waals surface area contributed by atoms with Crippen molar-refractivity contribution in [3.05, 3.63) is 58.1 Å². The summed E-state index contributed by atoms with van der Waals surface area (Å²) in [6.45, 7) is 9.28. The molecule has 0 saturated carbocycles. The first-order valence-corrected chi connectivity index (χ1v) is 12.1. The molecule has 2 aliphatic rings. The zero-order valence-corrected chi connectivity index (χ0v) is 19.6. The number of ether oxygens (including phenoxy) is 2. The smallest absolute Gasteiger partial charge is 0.119 e. The minimum absolute atomic E-state index is 0.236. The minimum Gasteiger partial charge on any atom is -0.494 e. The Hall–Kier alpha value is -1.56. The van der Waals surface area contributed by atoms with E-state index in [2.05, 4.69) is 75.1 Å². The van der Waals surface area contributed by atoms with E-state index in [9.17, 15) is 0 Å². The van der Waals surface area contributed by atoms with Crippen molar-refractivity contribution in [3.63, 3.8) is 0 Å². The van der Waals surface area contributed by atoms with Crippen molar-refractivity contribution in [1.29, 1.82) is 0 Å². The van der Waals surface area contributed by atoms with Crippen LogP contribution in [-0.2, 0) is 11.2 Å². The van der Waals surface area contributed by atoms with Crippen LogP contribution in [0.15, 0.2) is 46.9 Å². The molecule has 162 valence electrons. The maximum atomic E-state index is 6.11. The molecule has 2 aliphatic heterocycles. The predicted molar refractivity (Wildman–Crippen MR) is 127 cm³/mol. The second kappa shape index (κ2) is 10.7. The van der Waals surface area contributed by atoms with Crippen molar-refractivity contribution in [2.24, 2.45) is 0 Å². The van der Waals surface area contributed by atoms with Gasteiger partial charge in [0.1, 0.15) is 5.75 Å². The maximum absolute atomic E-state index is 6.11. The fourth-order valence-corrected chi connectivity index (χ4v) is 4.77. The van der Waals surface area contributed by atoms with Crippen LogP contribution in [0.1, 0.15) is 43.4 Å². The average molecular weight is 473 g/mol. The SMILES string of the molecule is CCCCOc1ccc(N2CCN(CCC3OCCc4cc(Br)ccc43)CC2)cc1. The molecule has 0 radical (unpaired) electrons. The van der Waals surface area contributed by atoms with E-state index >= 15 is 0 Å². The Morgan fingerprint density at radius 2 is 1.87 bits per heavy atom. The summed E-state index contributed by atoms with van der Waals surface area (Å²) in [6.07, 6.45) is 4.60. The Kier molecular flexibility index (Phi) is 7.69. The van der Waals surface area contributed by atoms with E-state index in [0.717, 1.165) is 70.9 Å². The lowest BCUT2D eigenvalue weighted by Gasteiger charge is -2.37. The molecule has 0 N–H and O–H groups in total. The topological polar surface area (TPSA) is 24.9 Å². The van der Waals surface area contributed by atoms with E-state index < -0.39 is 0 Å². The van der Waals surface area contributed by atoms with E-state index in [0.29, 0.717) is 0 Å². The molecule has 0 aromatic heterocycles. The van der Waals surface area contributed by atoms with Gasteiger partial charge < -0.3 is 14.4 Å². The van der Waals surface area contributed by atoms with Crippen LogP contribution in [0.3, 0.4) is 0 Å². The zero-order valence-electron chi connectivity index (χ0n) is 18.0. The van der Waals surface area contributed by atoms with Crippen LogP contribution in [0.2, 0.25) is 0 Å². The number of piperazine rings is 1. The number of anilines is 1. The van der Waals surface area contributed by atoms with Gasteiger partial charge in [-0.2, -0.15) is 0 Å². The molecule has 0 bridgehead atoms. The fraction of sp³-hybridized carbons (Fsp3) is 0.520. The van der Waals surface area contributed by atoms with Crippen LogP contribution in [0.25, 0.3) is 0 Å². The van der Waals surface area contributed by atoms with Gasteiger partial charge in [-0.3, -0.25) is 4.90 Å². The Morgan fingerprint density at radius 3 is 2.63 bits per heavy atom. The Morgan fingerprint density at radius 1 is 1.07 bits per heavy atom. The van der Waals surface area contributed by atoms with E-state index in [-0.39, 0.29) is 6.10 Å². The molecule has 2 aromatic rings. The second-order valence-electron chi connectivity index (χ2n) is 8.27. The summed E-state index contributed by atoms with van der Waals surface area (Å²) in [7, 11) is 0. The first-order valence-electron chi connectivity index (χ1n) is 11.3. The van der Waals surface area contributed by atoms with Crippen molar-refractivity contribution in [2.45, 2.75) is 38.7 Å². The van der Waals surface area contributed by atoms with Crippen molar-refractivity contribution < 1.29 is 9.47 Å². The number of rotatable bonds is 8. The van der Waals surface area contributed by atoms with Gasteiger partial charge in [0, 0.05) is 42.9 Å². The van der Waals surface area contributed by atoms with Gasteiger partial charge in [-0.1, -0.05) is 35.3 Å². The normalized spacial score (nSPS) is 19.5. The molecule has 2 aromatic carbocycles. The number of nitrogens with zero attached hydrogens (tertiary/aromatic N) is 2. The lowest BCUT2D eigenvalue weighted by molar-refractivity contribution is 0.0289. The zero-order chi connectivity index (χ0) is 20.8. The highest BCUT2D eigenvalue weighted by atomic mass is 79.9. The molecule has 2 heterocycles. The molecule has 1 atom stereocenters. The highest BCUT2D eigenvalue weighted by Gasteiger charge is 2.23. The molecule has 0 amide bonds. The number of unbranched alkanes of at least 4 members (excludes halogenated alkanes) is 1. The minimum atomic E-state index is 0.236. The van der Waals surface area contributed by atoms with Gasteiger partial charge in [-0.15, -0.1) is 0 Å². The van der Waals surface area contributed by atoms with Gasteiger partial charge in [-0.05, 0) is 66.8 Å². The van der Waals surface area contributed by atoms with Crippen LogP contribution in [0, 0.1) is 0 Å². The Labute approximate surface area is 189 Å². The van der Waals surface area contributed by atoms with Crippen molar-refractivity contribution >= 4 is 21.6 Å². The summed E-state index contributed by atoms with van der Waals surface area (Å²) in [5, 5.41) is 0. The summed E-state index contributed by atoms with van der Waals surface area (Å²) in [5.41, 5.74) is 4.12. The lowest BCUT2D eigenvalue weighted by atomic mass is 9.95. The standard InChI is InChI=1S/C25H33BrN2O2/c1-2-3-17-29-23-7-5-22(6-8-23)28-15-13-27(14-16-28)12-10-25-24-9-4-21(26)19-20(24)11-18-30-25/h4-9,19,25H,2-3,10-18H2,1H3. The van der Waals surface area contributed by atoms with Gasteiger partial charge >= 0.3 is 0 Å². The van der Waals surface area contributed by atoms with Gasteiger partial charge in [0.2, 0.25) is 0 Å². The highest BCUT2D eigenvalue weighted by Crippen LogP contribution is 2.32. The van der Waals surface area contributed by atoms with Crippen molar-refractivity contribution in [2.75, 3.05) is 50.8 Å². The van der Waals surface area contributed by atoms with Gasteiger partial charge in [0.05, 0.1) is 19.3 Å². The summed E-state index contributed by atoms with van der Waals surface area (Å²) in [6, 6.07) is 15.2. The first-order chi connectivity index (χ1) is 14.7. The third-order valence-corrected chi connectivity index (χ3v) is 6.68. The molecule has 1 fully saturated rings. The van der Waals surface area contributed by atoms with Gasteiger partial charge in [0.15, 0.2) is 0 Å². The first kappa shape index (κ1) is 21.7. The quantitative estimate of drug-likeness (QED) is 0.476. The highest BCUT2D eigenvalue weighted by molar-refractivity contribution is 9.10. The Balaban J connectivity index is 1.24. The summed E-state index contributed by atoms with van der Waals surface area (Å²) in [5.74, 6) is 0.977. The van der Waals surface area contributed by atoms with Crippen LogP contribution >= 0.6 is 15.9 Å². The molecule has 5 heteroatoms. The fourth-order valence-electron chi connectivity index (χ4n) is 4.36. The lowest BCUT2D eigenvalue weighted by Crippen LogP contribution is -2.46. The largest absolute Gasteiger partial charge is 0.494 e. The number of benzene rings is 2. The molecular weight excluding hydrogens is 440 g/mol. The van der Waals surface area contributed by atoms with Crippen LogP contribution < -0.4 is 9.64 Å². The third kappa shape index (κ3) is 5.57. The van der Waals surface area contributed by atoms with Gasteiger partial charge in [-0.25, -0.2) is 0 Å². The van der Waals surface area contributed by atoms with Crippen LogP contribution in [0.4, 0.5) is 5.69 Å². The summed E-state index contributed by atoms with van der Waals surface area (Å²) in [4.78, 5) is 5.06. The van der Waals surface area contributed by atoms with E-state index in [1.807, 2.05) is 0 Å². The molecule has 0 spiro atoms.